The van der Waals surface area contributed by atoms with Gasteiger partial charge in [-0.15, -0.1) is 0 Å². The Hall–Kier alpha value is -2.69. The van der Waals surface area contributed by atoms with Crippen LogP contribution in [-0.2, 0) is 11.2 Å². The molecule has 1 aromatic heterocycles. The molecule has 3 rings (SSSR count). The number of pyridine rings is 1. The molecule has 2 amide bonds. The minimum atomic E-state index is -0.170. The first-order chi connectivity index (χ1) is 9.72. The number of anilines is 2. The van der Waals surface area contributed by atoms with Gasteiger partial charge < -0.3 is 10.6 Å². The van der Waals surface area contributed by atoms with E-state index in [4.69, 9.17) is 0 Å². The Kier molecular flexibility index (Phi) is 3.16. The number of carbonyl (C=O) groups is 2. The first-order valence-electron chi connectivity index (χ1n) is 6.36. The van der Waals surface area contributed by atoms with E-state index in [1.54, 1.807) is 36.7 Å². The lowest BCUT2D eigenvalue weighted by Gasteiger charge is -2.17. The molecule has 2 aromatic rings. The van der Waals surface area contributed by atoms with Crippen molar-refractivity contribution in [3.05, 3.63) is 53.9 Å². The van der Waals surface area contributed by atoms with Crippen LogP contribution in [0.5, 0.6) is 0 Å². The summed E-state index contributed by atoms with van der Waals surface area (Å²) in [5, 5.41) is 5.60. The number of amides is 2. The molecule has 0 aliphatic carbocycles. The Morgan fingerprint density at radius 2 is 1.95 bits per heavy atom. The average Bonchev–Trinajstić information content (AvgIpc) is 2.47. The van der Waals surface area contributed by atoms with Crippen molar-refractivity contribution in [2.45, 2.75) is 12.8 Å². The number of benzene rings is 1. The molecule has 0 radical (unpaired) electrons. The fourth-order valence-corrected chi connectivity index (χ4v) is 2.16. The highest BCUT2D eigenvalue weighted by Gasteiger charge is 2.16. The van der Waals surface area contributed by atoms with Crippen LogP contribution in [0.15, 0.2) is 42.7 Å². The maximum atomic E-state index is 12.1. The van der Waals surface area contributed by atoms with Gasteiger partial charge in [-0.3, -0.25) is 14.6 Å². The van der Waals surface area contributed by atoms with Crippen molar-refractivity contribution in [3.63, 3.8) is 0 Å². The zero-order valence-electron chi connectivity index (χ0n) is 10.7. The van der Waals surface area contributed by atoms with Gasteiger partial charge in [-0.05, 0) is 42.3 Å². The highest BCUT2D eigenvalue weighted by Crippen LogP contribution is 2.23. The normalized spacial score (nSPS) is 13.3. The molecule has 2 N–H and O–H groups in total. The molecule has 0 fully saturated rings. The molecule has 20 heavy (non-hydrogen) atoms. The van der Waals surface area contributed by atoms with Gasteiger partial charge in [0.2, 0.25) is 5.91 Å². The van der Waals surface area contributed by atoms with E-state index in [0.29, 0.717) is 24.1 Å². The standard InChI is InChI=1S/C15H13N3O2/c19-14-4-2-10-9-11(1-3-13(10)18-14)15(20)17-12-5-7-16-8-6-12/h1,3,5-9H,2,4H2,(H,18,19)(H,16,17,20). The molecule has 1 aromatic carbocycles. The summed E-state index contributed by atoms with van der Waals surface area (Å²) in [6.07, 6.45) is 4.37. The smallest absolute Gasteiger partial charge is 0.255 e. The van der Waals surface area contributed by atoms with Crippen LogP contribution in [0.1, 0.15) is 22.3 Å². The summed E-state index contributed by atoms with van der Waals surface area (Å²) in [6.45, 7) is 0. The Morgan fingerprint density at radius 3 is 2.75 bits per heavy atom. The molecule has 0 spiro atoms. The van der Waals surface area contributed by atoms with Gasteiger partial charge >= 0.3 is 0 Å². The third-order valence-electron chi connectivity index (χ3n) is 3.20. The van der Waals surface area contributed by atoms with Crippen molar-refractivity contribution in [2.75, 3.05) is 10.6 Å². The quantitative estimate of drug-likeness (QED) is 0.876. The molecule has 2 heterocycles. The molecule has 0 atom stereocenters. The second-order valence-electron chi connectivity index (χ2n) is 4.61. The zero-order valence-corrected chi connectivity index (χ0v) is 10.7. The fourth-order valence-electron chi connectivity index (χ4n) is 2.16. The molecule has 0 saturated heterocycles. The molecule has 0 bridgehead atoms. The number of aromatic nitrogens is 1. The van der Waals surface area contributed by atoms with Gasteiger partial charge in [-0.2, -0.15) is 0 Å². The summed E-state index contributed by atoms with van der Waals surface area (Å²) in [4.78, 5) is 27.3. The third-order valence-corrected chi connectivity index (χ3v) is 3.20. The predicted octanol–water partition coefficient (Wildman–Crippen LogP) is 2.22. The predicted molar refractivity (Wildman–Crippen MR) is 75.6 cm³/mol. The highest BCUT2D eigenvalue weighted by atomic mass is 16.2. The SMILES string of the molecule is O=C1CCc2cc(C(=O)Nc3ccncc3)ccc2N1. The third kappa shape index (κ3) is 2.51. The number of hydrogen-bond acceptors (Lipinski definition) is 3. The summed E-state index contributed by atoms with van der Waals surface area (Å²) in [5.74, 6) is -0.151. The maximum absolute atomic E-state index is 12.1. The minimum Gasteiger partial charge on any atom is -0.326 e. The zero-order chi connectivity index (χ0) is 13.9. The minimum absolute atomic E-state index is 0.0199. The van der Waals surface area contributed by atoms with Gasteiger partial charge in [-0.1, -0.05) is 0 Å². The topological polar surface area (TPSA) is 71.1 Å². The molecule has 0 saturated carbocycles. The molecule has 5 heteroatoms. The van der Waals surface area contributed by atoms with Crippen molar-refractivity contribution in [1.29, 1.82) is 0 Å². The first kappa shape index (κ1) is 12.3. The van der Waals surface area contributed by atoms with Crippen molar-refractivity contribution < 1.29 is 9.59 Å². The summed E-state index contributed by atoms with van der Waals surface area (Å²) < 4.78 is 0. The lowest BCUT2D eigenvalue weighted by molar-refractivity contribution is -0.116. The van der Waals surface area contributed by atoms with Crippen LogP contribution in [0, 0.1) is 0 Å². The summed E-state index contributed by atoms with van der Waals surface area (Å²) in [5.41, 5.74) is 3.07. The summed E-state index contributed by atoms with van der Waals surface area (Å²) in [7, 11) is 0. The molecule has 100 valence electrons. The van der Waals surface area contributed by atoms with Gasteiger partial charge in [0.05, 0.1) is 0 Å². The van der Waals surface area contributed by atoms with Crippen molar-refractivity contribution >= 4 is 23.2 Å². The molecule has 1 aliphatic heterocycles. The summed E-state index contributed by atoms with van der Waals surface area (Å²) in [6, 6.07) is 8.77. The van der Waals surface area contributed by atoms with E-state index in [9.17, 15) is 9.59 Å². The van der Waals surface area contributed by atoms with Gasteiger partial charge in [0.25, 0.3) is 5.91 Å². The Bertz CT molecular complexity index is 668. The second-order valence-corrected chi connectivity index (χ2v) is 4.61. The van der Waals surface area contributed by atoms with Crippen LogP contribution in [0.4, 0.5) is 11.4 Å². The van der Waals surface area contributed by atoms with Crippen LogP contribution < -0.4 is 10.6 Å². The van der Waals surface area contributed by atoms with Crippen molar-refractivity contribution in [2.24, 2.45) is 0 Å². The van der Waals surface area contributed by atoms with Gasteiger partial charge in [0, 0.05) is 35.8 Å². The fraction of sp³-hybridized carbons (Fsp3) is 0.133. The second kappa shape index (κ2) is 5.13. The van der Waals surface area contributed by atoms with Gasteiger partial charge in [0.1, 0.15) is 0 Å². The molecular weight excluding hydrogens is 254 g/mol. The number of hydrogen-bond donors (Lipinski definition) is 2. The van der Waals surface area contributed by atoms with E-state index < -0.39 is 0 Å². The lowest BCUT2D eigenvalue weighted by atomic mass is 10.00. The first-order valence-corrected chi connectivity index (χ1v) is 6.36. The van der Waals surface area contributed by atoms with E-state index >= 15 is 0 Å². The number of aryl methyl sites for hydroxylation is 1. The maximum Gasteiger partial charge on any atom is 0.255 e. The van der Waals surface area contributed by atoms with E-state index in [-0.39, 0.29) is 11.8 Å². The molecular formula is C15H13N3O2. The Morgan fingerprint density at radius 1 is 1.15 bits per heavy atom. The highest BCUT2D eigenvalue weighted by molar-refractivity contribution is 6.05. The monoisotopic (exact) mass is 267 g/mol. The molecule has 1 aliphatic rings. The van der Waals surface area contributed by atoms with Crippen LogP contribution in [0.25, 0.3) is 0 Å². The van der Waals surface area contributed by atoms with Crippen molar-refractivity contribution in [1.82, 2.24) is 4.98 Å². The number of nitrogens with one attached hydrogen (secondary N) is 2. The van der Waals surface area contributed by atoms with E-state index in [2.05, 4.69) is 15.6 Å². The summed E-state index contributed by atoms with van der Waals surface area (Å²) >= 11 is 0. The number of nitrogens with zero attached hydrogens (tertiary/aromatic N) is 1. The lowest BCUT2D eigenvalue weighted by Crippen LogP contribution is -2.20. The Labute approximate surface area is 116 Å². The largest absolute Gasteiger partial charge is 0.326 e. The van der Waals surface area contributed by atoms with Gasteiger partial charge in [0.15, 0.2) is 0 Å². The molecule has 5 nitrogen and oxygen atoms in total. The van der Waals surface area contributed by atoms with Crippen molar-refractivity contribution in [3.8, 4) is 0 Å². The van der Waals surface area contributed by atoms with Crippen LogP contribution in [-0.4, -0.2) is 16.8 Å². The molecule has 0 unspecified atom stereocenters. The number of carbonyl (C=O) groups excluding carboxylic acids is 2. The van der Waals surface area contributed by atoms with E-state index in [1.807, 2.05) is 6.07 Å². The number of rotatable bonds is 2. The Balaban J connectivity index is 1.81. The van der Waals surface area contributed by atoms with E-state index in [1.165, 1.54) is 0 Å². The van der Waals surface area contributed by atoms with Crippen LogP contribution >= 0.6 is 0 Å². The van der Waals surface area contributed by atoms with Crippen LogP contribution in [0.3, 0.4) is 0 Å². The van der Waals surface area contributed by atoms with E-state index in [0.717, 1.165) is 11.3 Å². The van der Waals surface area contributed by atoms with Crippen LogP contribution in [0.2, 0.25) is 0 Å². The number of fused-ring (bicyclic) bond motifs is 1. The average molecular weight is 267 g/mol. The van der Waals surface area contributed by atoms with Gasteiger partial charge in [-0.25, -0.2) is 0 Å².